The largest absolute Gasteiger partial charge is 0.478 e. The van der Waals surface area contributed by atoms with E-state index in [4.69, 9.17) is 5.11 Å². The number of carboxylic acid groups (broad SMARTS) is 1. The Kier molecular flexibility index (Phi) is 5.11. The van der Waals surface area contributed by atoms with Crippen molar-refractivity contribution in [1.82, 2.24) is 4.98 Å². The molecule has 1 rings (SSSR count). The van der Waals surface area contributed by atoms with Crippen LogP contribution < -0.4 is 5.32 Å². The van der Waals surface area contributed by atoms with Crippen LogP contribution in [0.15, 0.2) is 18.3 Å². The monoisotopic (exact) mass is 240 g/mol. The number of rotatable bonds is 6. The van der Waals surface area contributed by atoms with Crippen LogP contribution in [0.5, 0.6) is 0 Å². The van der Waals surface area contributed by atoms with E-state index in [1.54, 1.807) is 17.8 Å². The molecule has 0 bridgehead atoms. The third-order valence-corrected chi connectivity index (χ3v) is 2.99. The molecule has 1 atom stereocenters. The summed E-state index contributed by atoms with van der Waals surface area (Å²) in [4.78, 5) is 14.8. The molecule has 2 N–H and O–H groups in total. The number of nitrogens with zero attached hydrogens (tertiary/aromatic N) is 1. The van der Waals surface area contributed by atoms with Gasteiger partial charge < -0.3 is 10.4 Å². The first kappa shape index (κ1) is 12.8. The third-order valence-electron chi connectivity index (χ3n) is 2.09. The van der Waals surface area contributed by atoms with Gasteiger partial charge in [-0.05, 0) is 30.1 Å². The van der Waals surface area contributed by atoms with Gasteiger partial charge >= 0.3 is 5.97 Å². The highest BCUT2D eigenvalue weighted by molar-refractivity contribution is 7.98. The zero-order valence-corrected chi connectivity index (χ0v) is 10.3. The predicted molar refractivity (Wildman–Crippen MR) is 67.2 cm³/mol. The minimum atomic E-state index is -0.928. The van der Waals surface area contributed by atoms with Gasteiger partial charge in [0.1, 0.15) is 5.82 Å². The van der Waals surface area contributed by atoms with Crippen molar-refractivity contribution in [2.45, 2.75) is 6.92 Å². The topological polar surface area (TPSA) is 62.2 Å². The summed E-state index contributed by atoms with van der Waals surface area (Å²) in [5.41, 5.74) is 0.259. The van der Waals surface area contributed by atoms with Crippen molar-refractivity contribution < 1.29 is 9.90 Å². The summed E-state index contributed by atoms with van der Waals surface area (Å²) in [6, 6.07) is 3.03. The Bertz CT molecular complexity index is 358. The fourth-order valence-corrected chi connectivity index (χ4v) is 1.97. The molecule has 1 aromatic rings. The minimum absolute atomic E-state index is 0.259. The number of pyridine rings is 1. The summed E-state index contributed by atoms with van der Waals surface area (Å²) >= 11 is 1.80. The van der Waals surface area contributed by atoms with Gasteiger partial charge in [-0.25, -0.2) is 9.78 Å². The summed E-state index contributed by atoms with van der Waals surface area (Å²) < 4.78 is 0. The molecule has 88 valence electrons. The van der Waals surface area contributed by atoms with E-state index < -0.39 is 5.97 Å². The van der Waals surface area contributed by atoms with E-state index in [2.05, 4.69) is 23.5 Å². The van der Waals surface area contributed by atoms with Gasteiger partial charge in [-0.15, -0.1) is 0 Å². The first-order valence-electron chi connectivity index (χ1n) is 5.05. The number of carbonyl (C=O) groups is 1. The number of thioether (sulfide) groups is 1. The summed E-state index contributed by atoms with van der Waals surface area (Å²) in [6.45, 7) is 2.95. The molecule has 0 saturated carbocycles. The van der Waals surface area contributed by atoms with Crippen molar-refractivity contribution >= 4 is 23.5 Å². The maximum absolute atomic E-state index is 10.7. The lowest BCUT2D eigenvalue weighted by atomic mass is 10.2. The number of hydrogen-bond acceptors (Lipinski definition) is 4. The van der Waals surface area contributed by atoms with Crippen molar-refractivity contribution in [2.75, 3.05) is 23.9 Å². The molecule has 1 aromatic heterocycles. The standard InChI is InChI=1S/C11H16N2O2S/c1-8(7-16-2)6-13-10-5-9(11(14)15)3-4-12-10/h3-5,8H,6-7H2,1-2H3,(H,12,13)(H,14,15). The highest BCUT2D eigenvalue weighted by Gasteiger charge is 2.05. The number of aromatic carboxylic acids is 1. The van der Waals surface area contributed by atoms with E-state index in [0.29, 0.717) is 11.7 Å². The van der Waals surface area contributed by atoms with Crippen molar-refractivity contribution in [2.24, 2.45) is 5.92 Å². The molecule has 16 heavy (non-hydrogen) atoms. The van der Waals surface area contributed by atoms with E-state index in [-0.39, 0.29) is 5.56 Å². The molecule has 1 unspecified atom stereocenters. The molecule has 1 heterocycles. The molecule has 4 nitrogen and oxygen atoms in total. The SMILES string of the molecule is CSCC(C)CNc1cc(C(=O)O)ccn1. The molecule has 0 aliphatic heterocycles. The Labute approximate surface area is 99.5 Å². The quantitative estimate of drug-likeness (QED) is 0.798. The summed E-state index contributed by atoms with van der Waals surface area (Å²) in [7, 11) is 0. The molecular weight excluding hydrogens is 224 g/mol. The second-order valence-electron chi connectivity index (χ2n) is 3.68. The molecule has 0 spiro atoms. The van der Waals surface area contributed by atoms with Gasteiger partial charge in [-0.1, -0.05) is 6.92 Å². The number of anilines is 1. The Morgan fingerprint density at radius 2 is 2.44 bits per heavy atom. The molecule has 0 amide bonds. The van der Waals surface area contributed by atoms with Crippen molar-refractivity contribution in [3.63, 3.8) is 0 Å². The Hall–Kier alpha value is -1.23. The Morgan fingerprint density at radius 3 is 3.06 bits per heavy atom. The van der Waals surface area contributed by atoms with Crippen LogP contribution in [0.1, 0.15) is 17.3 Å². The van der Waals surface area contributed by atoms with E-state index >= 15 is 0 Å². The first-order chi connectivity index (χ1) is 7.63. The fraction of sp³-hybridized carbons (Fsp3) is 0.455. The molecular formula is C11H16N2O2S. The van der Waals surface area contributed by atoms with Gasteiger partial charge in [-0.2, -0.15) is 11.8 Å². The lowest BCUT2D eigenvalue weighted by Gasteiger charge is -2.11. The van der Waals surface area contributed by atoms with Gasteiger partial charge in [-0.3, -0.25) is 0 Å². The van der Waals surface area contributed by atoms with Gasteiger partial charge in [0.05, 0.1) is 5.56 Å². The molecule has 0 aliphatic rings. The number of nitrogens with one attached hydrogen (secondary N) is 1. The molecule has 5 heteroatoms. The van der Waals surface area contributed by atoms with E-state index in [1.165, 1.54) is 12.3 Å². The lowest BCUT2D eigenvalue weighted by molar-refractivity contribution is 0.0697. The average molecular weight is 240 g/mol. The van der Waals surface area contributed by atoms with Crippen LogP contribution in [0, 0.1) is 5.92 Å². The average Bonchev–Trinajstić information content (AvgIpc) is 2.27. The van der Waals surface area contributed by atoms with Crippen molar-refractivity contribution in [3.8, 4) is 0 Å². The van der Waals surface area contributed by atoms with Crippen LogP contribution in [-0.2, 0) is 0 Å². The predicted octanol–water partition coefficient (Wildman–Crippen LogP) is 2.19. The molecule has 0 radical (unpaired) electrons. The molecule has 0 aromatic carbocycles. The van der Waals surface area contributed by atoms with Crippen molar-refractivity contribution in [3.05, 3.63) is 23.9 Å². The normalized spacial score (nSPS) is 12.1. The zero-order valence-electron chi connectivity index (χ0n) is 9.43. The minimum Gasteiger partial charge on any atom is -0.478 e. The van der Waals surface area contributed by atoms with Crippen LogP contribution in [0.3, 0.4) is 0 Å². The van der Waals surface area contributed by atoms with Gasteiger partial charge in [0, 0.05) is 12.7 Å². The maximum atomic E-state index is 10.7. The van der Waals surface area contributed by atoms with Gasteiger partial charge in [0.2, 0.25) is 0 Å². The molecule has 0 aliphatic carbocycles. The van der Waals surface area contributed by atoms with Crippen molar-refractivity contribution in [1.29, 1.82) is 0 Å². The molecule has 0 fully saturated rings. The number of carboxylic acids is 1. The summed E-state index contributed by atoms with van der Waals surface area (Å²) in [5.74, 6) is 1.30. The first-order valence-corrected chi connectivity index (χ1v) is 6.45. The van der Waals surface area contributed by atoms with Crippen LogP contribution in [0.4, 0.5) is 5.82 Å². The van der Waals surface area contributed by atoms with Gasteiger partial charge in [0.25, 0.3) is 0 Å². The second-order valence-corrected chi connectivity index (χ2v) is 4.59. The van der Waals surface area contributed by atoms with Crippen LogP contribution in [0.2, 0.25) is 0 Å². The van der Waals surface area contributed by atoms with Crippen LogP contribution >= 0.6 is 11.8 Å². The van der Waals surface area contributed by atoms with Crippen LogP contribution in [-0.4, -0.2) is 34.6 Å². The van der Waals surface area contributed by atoms with E-state index in [1.807, 2.05) is 0 Å². The zero-order chi connectivity index (χ0) is 12.0. The third kappa shape index (κ3) is 4.10. The smallest absolute Gasteiger partial charge is 0.335 e. The number of aromatic nitrogens is 1. The highest BCUT2D eigenvalue weighted by atomic mass is 32.2. The number of hydrogen-bond donors (Lipinski definition) is 2. The Morgan fingerprint density at radius 1 is 1.69 bits per heavy atom. The maximum Gasteiger partial charge on any atom is 0.335 e. The summed E-state index contributed by atoms with van der Waals surface area (Å²) in [5, 5.41) is 11.9. The Balaban J connectivity index is 2.54. The highest BCUT2D eigenvalue weighted by Crippen LogP contribution is 2.09. The second kappa shape index (κ2) is 6.37. The molecule has 0 saturated heterocycles. The fourth-order valence-electron chi connectivity index (χ4n) is 1.28. The van der Waals surface area contributed by atoms with E-state index in [0.717, 1.165) is 12.3 Å². The lowest BCUT2D eigenvalue weighted by Crippen LogP contribution is -2.14. The van der Waals surface area contributed by atoms with Gasteiger partial charge in [0.15, 0.2) is 0 Å². The summed E-state index contributed by atoms with van der Waals surface area (Å²) in [6.07, 6.45) is 3.57. The van der Waals surface area contributed by atoms with Crippen LogP contribution in [0.25, 0.3) is 0 Å². The van der Waals surface area contributed by atoms with E-state index in [9.17, 15) is 4.79 Å².